The van der Waals surface area contributed by atoms with Crippen molar-refractivity contribution in [3.8, 4) is 10.6 Å². The van der Waals surface area contributed by atoms with Gasteiger partial charge >= 0.3 is 0 Å². The molecule has 2 aromatic heterocycles. The number of nitrogens with zero attached hydrogens (tertiary/aromatic N) is 2. The van der Waals surface area contributed by atoms with Gasteiger partial charge in [0, 0.05) is 5.39 Å². The van der Waals surface area contributed by atoms with Gasteiger partial charge in [-0.2, -0.15) is 5.10 Å². The lowest BCUT2D eigenvalue weighted by Gasteiger charge is -2.10. The van der Waals surface area contributed by atoms with Crippen LogP contribution in [0.3, 0.4) is 0 Å². The molecule has 0 N–H and O–H groups in total. The number of rotatable bonds is 5. The molecule has 4 rings (SSSR count). The molecule has 136 valence electrons. The molecule has 0 saturated heterocycles. The number of thiophene rings is 1. The molecule has 0 aliphatic rings. The van der Waals surface area contributed by atoms with Gasteiger partial charge in [-0.05, 0) is 29.6 Å². The summed E-state index contributed by atoms with van der Waals surface area (Å²) in [5.74, 6) is -0.188. The molecule has 7 heteroatoms. The van der Waals surface area contributed by atoms with Gasteiger partial charge in [-0.1, -0.05) is 42.5 Å². The lowest BCUT2D eigenvalue weighted by molar-refractivity contribution is 0.574. The minimum atomic E-state index is -3.49. The van der Waals surface area contributed by atoms with Crippen LogP contribution in [0.15, 0.2) is 81.8 Å². The quantitative estimate of drug-likeness (QED) is 0.517. The van der Waals surface area contributed by atoms with E-state index in [0.29, 0.717) is 11.1 Å². The van der Waals surface area contributed by atoms with Crippen molar-refractivity contribution in [2.24, 2.45) is 0 Å². The molecule has 0 radical (unpaired) electrons. The molecule has 2 heterocycles. The fourth-order valence-corrected chi connectivity index (χ4v) is 4.88. The Morgan fingerprint density at radius 3 is 2.30 bits per heavy atom. The highest BCUT2D eigenvalue weighted by Gasteiger charge is 2.17. The molecular weight excluding hydrogens is 380 g/mol. The first-order valence-electron chi connectivity index (χ1n) is 8.38. The summed E-state index contributed by atoms with van der Waals surface area (Å²) in [4.78, 5) is 14.0. The average Bonchev–Trinajstić information content (AvgIpc) is 3.23. The fourth-order valence-electron chi connectivity index (χ4n) is 2.93. The van der Waals surface area contributed by atoms with E-state index in [1.807, 2.05) is 29.6 Å². The number of hydrogen-bond acceptors (Lipinski definition) is 5. The summed E-state index contributed by atoms with van der Waals surface area (Å²) in [6.45, 7) is -0.000724. The van der Waals surface area contributed by atoms with E-state index in [9.17, 15) is 13.2 Å². The zero-order chi connectivity index (χ0) is 18.9. The Labute approximate surface area is 160 Å². The van der Waals surface area contributed by atoms with Gasteiger partial charge in [0.2, 0.25) is 0 Å². The first-order chi connectivity index (χ1) is 13.1. The molecule has 0 amide bonds. The molecular formula is C20H16N2O3S2. The van der Waals surface area contributed by atoms with E-state index < -0.39 is 9.84 Å². The van der Waals surface area contributed by atoms with E-state index in [0.717, 1.165) is 10.3 Å². The number of sulfone groups is 1. The second-order valence-corrected chi connectivity index (χ2v) is 9.09. The predicted octanol–water partition coefficient (Wildman–Crippen LogP) is 3.60. The summed E-state index contributed by atoms with van der Waals surface area (Å²) in [7, 11) is -3.49. The highest BCUT2D eigenvalue weighted by molar-refractivity contribution is 7.91. The van der Waals surface area contributed by atoms with Gasteiger partial charge in [0.15, 0.2) is 9.84 Å². The summed E-state index contributed by atoms with van der Waals surface area (Å²) >= 11 is 1.53. The minimum Gasteiger partial charge on any atom is -0.267 e. The van der Waals surface area contributed by atoms with Crippen LogP contribution in [0, 0.1) is 0 Å². The lowest BCUT2D eigenvalue weighted by Crippen LogP contribution is -2.27. The van der Waals surface area contributed by atoms with Crippen molar-refractivity contribution in [3.63, 3.8) is 0 Å². The monoisotopic (exact) mass is 396 g/mol. The van der Waals surface area contributed by atoms with Gasteiger partial charge in [-0.15, -0.1) is 11.3 Å². The maximum absolute atomic E-state index is 12.8. The molecule has 0 bridgehead atoms. The van der Waals surface area contributed by atoms with Gasteiger partial charge in [0.05, 0.1) is 27.5 Å². The first kappa shape index (κ1) is 17.6. The number of hydrogen-bond donors (Lipinski definition) is 0. The van der Waals surface area contributed by atoms with Crippen molar-refractivity contribution in [3.05, 3.63) is 82.5 Å². The van der Waals surface area contributed by atoms with Crippen LogP contribution in [0.5, 0.6) is 0 Å². The van der Waals surface area contributed by atoms with Gasteiger partial charge < -0.3 is 0 Å². The smallest absolute Gasteiger partial charge is 0.267 e. The minimum absolute atomic E-state index is 0.000724. The van der Waals surface area contributed by atoms with Crippen molar-refractivity contribution < 1.29 is 8.42 Å². The summed E-state index contributed by atoms with van der Waals surface area (Å²) < 4.78 is 26.4. The van der Waals surface area contributed by atoms with E-state index in [4.69, 9.17) is 0 Å². The Morgan fingerprint density at radius 2 is 1.59 bits per heavy atom. The van der Waals surface area contributed by atoms with Crippen LogP contribution < -0.4 is 5.56 Å². The van der Waals surface area contributed by atoms with Crippen LogP contribution in [0.2, 0.25) is 0 Å². The molecule has 4 aromatic rings. The van der Waals surface area contributed by atoms with E-state index in [-0.39, 0.29) is 22.8 Å². The maximum atomic E-state index is 12.8. The van der Waals surface area contributed by atoms with Crippen LogP contribution >= 0.6 is 11.3 Å². The molecule has 5 nitrogen and oxygen atoms in total. The first-order valence-corrected chi connectivity index (χ1v) is 10.9. The molecule has 0 atom stereocenters. The molecule has 0 unspecified atom stereocenters. The molecule has 2 aromatic carbocycles. The molecule has 0 saturated carbocycles. The summed E-state index contributed by atoms with van der Waals surface area (Å²) in [5.41, 5.74) is 0.409. The zero-order valence-corrected chi connectivity index (χ0v) is 15.9. The number of fused-ring (bicyclic) bond motifs is 1. The van der Waals surface area contributed by atoms with E-state index in [2.05, 4.69) is 5.10 Å². The van der Waals surface area contributed by atoms with Crippen LogP contribution in [0.1, 0.15) is 0 Å². The van der Waals surface area contributed by atoms with Crippen molar-refractivity contribution in [2.75, 3.05) is 5.75 Å². The topological polar surface area (TPSA) is 69.0 Å². The van der Waals surface area contributed by atoms with Gasteiger partial charge in [-0.25, -0.2) is 13.1 Å². The SMILES string of the molecule is O=c1c2ccccc2c(-c2cccs2)nn1CCS(=O)(=O)c1ccccc1. The Bertz CT molecular complexity index is 1250. The summed E-state index contributed by atoms with van der Waals surface area (Å²) in [6, 6.07) is 19.4. The van der Waals surface area contributed by atoms with Crippen LogP contribution in [-0.4, -0.2) is 24.0 Å². The zero-order valence-electron chi connectivity index (χ0n) is 14.3. The molecule has 0 aliphatic heterocycles. The number of aryl methyl sites for hydroxylation is 1. The molecule has 0 aliphatic carbocycles. The van der Waals surface area contributed by atoms with E-state index in [1.165, 1.54) is 16.0 Å². The van der Waals surface area contributed by atoms with Crippen LogP contribution in [0.4, 0.5) is 0 Å². The van der Waals surface area contributed by atoms with Crippen molar-refractivity contribution in [1.82, 2.24) is 9.78 Å². The van der Waals surface area contributed by atoms with Crippen molar-refractivity contribution in [1.29, 1.82) is 0 Å². The highest BCUT2D eigenvalue weighted by atomic mass is 32.2. The number of benzene rings is 2. The normalized spacial score (nSPS) is 11.7. The third-order valence-corrected chi connectivity index (χ3v) is 6.88. The second kappa shape index (κ2) is 7.09. The van der Waals surface area contributed by atoms with E-state index in [1.54, 1.807) is 42.5 Å². The standard InChI is InChI=1S/C20H16N2O3S2/c23-20-17-10-5-4-9-16(17)19(18-11-6-13-26-18)21-22(20)12-14-27(24,25)15-7-2-1-3-8-15/h1-11,13H,12,14H2. The third-order valence-electron chi connectivity index (χ3n) is 4.30. The van der Waals surface area contributed by atoms with Crippen LogP contribution in [-0.2, 0) is 16.4 Å². The number of aromatic nitrogens is 2. The largest absolute Gasteiger partial charge is 0.274 e. The molecule has 0 spiro atoms. The summed E-state index contributed by atoms with van der Waals surface area (Å²) in [6.07, 6.45) is 0. The van der Waals surface area contributed by atoms with Crippen LogP contribution in [0.25, 0.3) is 21.3 Å². The lowest BCUT2D eigenvalue weighted by atomic mass is 10.1. The Morgan fingerprint density at radius 1 is 0.889 bits per heavy atom. The summed E-state index contributed by atoms with van der Waals surface area (Å²) in [5, 5.41) is 7.74. The highest BCUT2D eigenvalue weighted by Crippen LogP contribution is 2.28. The van der Waals surface area contributed by atoms with Gasteiger partial charge in [0.25, 0.3) is 5.56 Å². The average molecular weight is 396 g/mol. The Hall–Kier alpha value is -2.77. The second-order valence-electron chi connectivity index (χ2n) is 6.03. The maximum Gasteiger partial charge on any atom is 0.274 e. The van der Waals surface area contributed by atoms with Gasteiger partial charge in [-0.3, -0.25) is 4.79 Å². The Balaban J connectivity index is 1.77. The fraction of sp³-hybridized carbons (Fsp3) is 0.100. The van der Waals surface area contributed by atoms with Gasteiger partial charge in [0.1, 0.15) is 5.69 Å². The molecule has 0 fully saturated rings. The third kappa shape index (κ3) is 3.43. The van der Waals surface area contributed by atoms with Crippen molar-refractivity contribution in [2.45, 2.75) is 11.4 Å². The van der Waals surface area contributed by atoms with Crippen molar-refractivity contribution >= 4 is 31.9 Å². The Kier molecular flexibility index (Phi) is 4.63. The molecule has 27 heavy (non-hydrogen) atoms. The predicted molar refractivity (Wildman–Crippen MR) is 108 cm³/mol. The van der Waals surface area contributed by atoms with E-state index >= 15 is 0 Å².